The van der Waals surface area contributed by atoms with Gasteiger partial charge in [0.2, 0.25) is 0 Å². The summed E-state index contributed by atoms with van der Waals surface area (Å²) in [5.74, 6) is 6.54. The minimum Gasteiger partial charge on any atom is -0.0982 e. The summed E-state index contributed by atoms with van der Waals surface area (Å²) in [5.41, 5.74) is 1.38. The molecule has 0 fully saturated rings. The van der Waals surface area contributed by atoms with E-state index in [0.717, 1.165) is 6.42 Å². The largest absolute Gasteiger partial charge is 0.0982 e. The Labute approximate surface area is 82.4 Å². The van der Waals surface area contributed by atoms with E-state index in [1.54, 1.807) is 0 Å². The SMILES string of the molecule is CCCCCCC#CC1=CCCC1. The highest BCUT2D eigenvalue weighted by molar-refractivity contribution is 5.30. The van der Waals surface area contributed by atoms with Crippen molar-refractivity contribution in [1.29, 1.82) is 0 Å². The van der Waals surface area contributed by atoms with E-state index in [9.17, 15) is 0 Å². The molecule has 0 radical (unpaired) electrons. The molecule has 0 bridgehead atoms. The van der Waals surface area contributed by atoms with Gasteiger partial charge in [0.15, 0.2) is 0 Å². The molecule has 0 aliphatic heterocycles. The predicted molar refractivity (Wildman–Crippen MR) is 58.5 cm³/mol. The highest BCUT2D eigenvalue weighted by Crippen LogP contribution is 2.16. The lowest BCUT2D eigenvalue weighted by Crippen LogP contribution is -1.75. The Bertz CT molecular complexity index is 212. The smallest absolute Gasteiger partial charge is 0.00923 e. The Morgan fingerprint density at radius 1 is 1.31 bits per heavy atom. The van der Waals surface area contributed by atoms with Crippen LogP contribution in [0.25, 0.3) is 0 Å². The van der Waals surface area contributed by atoms with Gasteiger partial charge in [0.25, 0.3) is 0 Å². The summed E-state index contributed by atoms with van der Waals surface area (Å²) in [6.07, 6.45) is 12.5. The summed E-state index contributed by atoms with van der Waals surface area (Å²) < 4.78 is 0. The van der Waals surface area contributed by atoms with E-state index in [0.29, 0.717) is 0 Å². The summed E-state index contributed by atoms with van der Waals surface area (Å²) in [6, 6.07) is 0. The molecule has 0 amide bonds. The van der Waals surface area contributed by atoms with Crippen LogP contribution >= 0.6 is 0 Å². The van der Waals surface area contributed by atoms with Gasteiger partial charge in [0, 0.05) is 6.42 Å². The second-order valence-corrected chi connectivity index (χ2v) is 3.73. The molecule has 1 aliphatic rings. The highest BCUT2D eigenvalue weighted by atomic mass is 14.0. The molecule has 0 nitrogen and oxygen atoms in total. The molecule has 0 atom stereocenters. The van der Waals surface area contributed by atoms with Crippen LogP contribution in [0.4, 0.5) is 0 Å². The summed E-state index contributed by atoms with van der Waals surface area (Å²) >= 11 is 0. The first kappa shape index (κ1) is 10.4. The normalized spacial score (nSPS) is 15.0. The third-order valence-electron chi connectivity index (χ3n) is 2.45. The third-order valence-corrected chi connectivity index (χ3v) is 2.45. The van der Waals surface area contributed by atoms with Gasteiger partial charge in [-0.3, -0.25) is 0 Å². The molecule has 1 aliphatic carbocycles. The summed E-state index contributed by atoms with van der Waals surface area (Å²) in [5, 5.41) is 0. The Morgan fingerprint density at radius 3 is 2.92 bits per heavy atom. The van der Waals surface area contributed by atoms with Crippen LogP contribution < -0.4 is 0 Å². The van der Waals surface area contributed by atoms with Crippen LogP contribution in [0.2, 0.25) is 0 Å². The topological polar surface area (TPSA) is 0 Å². The Balaban J connectivity index is 2.03. The van der Waals surface area contributed by atoms with Crippen LogP contribution in [0.15, 0.2) is 11.6 Å². The van der Waals surface area contributed by atoms with Gasteiger partial charge >= 0.3 is 0 Å². The molecular formula is C13H20. The van der Waals surface area contributed by atoms with E-state index in [1.165, 1.54) is 50.5 Å². The maximum absolute atomic E-state index is 3.27. The molecule has 0 saturated carbocycles. The van der Waals surface area contributed by atoms with Crippen molar-refractivity contribution in [2.24, 2.45) is 0 Å². The van der Waals surface area contributed by atoms with Crippen LogP contribution in [0.5, 0.6) is 0 Å². The monoisotopic (exact) mass is 176 g/mol. The Hall–Kier alpha value is -0.700. The van der Waals surface area contributed by atoms with E-state index < -0.39 is 0 Å². The fraction of sp³-hybridized carbons (Fsp3) is 0.692. The molecule has 0 unspecified atom stereocenters. The molecule has 0 aromatic carbocycles. The molecule has 13 heavy (non-hydrogen) atoms. The van der Waals surface area contributed by atoms with Gasteiger partial charge in [-0.05, 0) is 31.3 Å². The quantitative estimate of drug-likeness (QED) is 0.447. The molecule has 0 heteroatoms. The van der Waals surface area contributed by atoms with Crippen molar-refractivity contribution in [1.82, 2.24) is 0 Å². The zero-order valence-corrected chi connectivity index (χ0v) is 8.73. The maximum atomic E-state index is 3.27. The molecule has 0 heterocycles. The van der Waals surface area contributed by atoms with Crippen LogP contribution in [0, 0.1) is 11.8 Å². The average molecular weight is 176 g/mol. The minimum atomic E-state index is 1.09. The van der Waals surface area contributed by atoms with Gasteiger partial charge in [-0.2, -0.15) is 0 Å². The molecule has 1 rings (SSSR count). The molecule has 72 valence electrons. The van der Waals surface area contributed by atoms with Crippen LogP contribution in [0.3, 0.4) is 0 Å². The van der Waals surface area contributed by atoms with Gasteiger partial charge < -0.3 is 0 Å². The fourth-order valence-electron chi connectivity index (χ4n) is 1.60. The lowest BCUT2D eigenvalue weighted by Gasteiger charge is -1.92. The van der Waals surface area contributed by atoms with E-state index in [1.807, 2.05) is 0 Å². The minimum absolute atomic E-state index is 1.09. The van der Waals surface area contributed by atoms with Crippen LogP contribution in [-0.4, -0.2) is 0 Å². The van der Waals surface area contributed by atoms with Crippen LogP contribution in [0.1, 0.15) is 58.3 Å². The zero-order valence-electron chi connectivity index (χ0n) is 8.73. The molecule has 0 aromatic rings. The fourth-order valence-corrected chi connectivity index (χ4v) is 1.60. The van der Waals surface area contributed by atoms with E-state index in [-0.39, 0.29) is 0 Å². The van der Waals surface area contributed by atoms with Crippen molar-refractivity contribution in [3.05, 3.63) is 11.6 Å². The average Bonchev–Trinajstić information content (AvgIpc) is 2.63. The second kappa shape index (κ2) is 6.78. The molecule has 0 aromatic heterocycles. The molecular weight excluding hydrogens is 156 g/mol. The van der Waals surface area contributed by atoms with Crippen LogP contribution in [-0.2, 0) is 0 Å². The van der Waals surface area contributed by atoms with E-state index >= 15 is 0 Å². The van der Waals surface area contributed by atoms with Crippen molar-refractivity contribution in [3.8, 4) is 11.8 Å². The number of hydrogen-bond donors (Lipinski definition) is 0. The number of unbranched alkanes of at least 4 members (excludes halogenated alkanes) is 4. The zero-order chi connectivity index (χ0) is 9.36. The predicted octanol–water partition coefficient (Wildman–Crippen LogP) is 4.07. The van der Waals surface area contributed by atoms with E-state index in [2.05, 4.69) is 24.8 Å². The first-order valence-electron chi connectivity index (χ1n) is 5.61. The summed E-state index contributed by atoms with van der Waals surface area (Å²) in [6.45, 7) is 2.25. The number of rotatable bonds is 4. The number of allylic oxidation sites excluding steroid dienone is 2. The van der Waals surface area contributed by atoms with Gasteiger partial charge in [-0.1, -0.05) is 44.1 Å². The first-order valence-corrected chi connectivity index (χ1v) is 5.61. The van der Waals surface area contributed by atoms with Gasteiger partial charge in [-0.15, -0.1) is 0 Å². The maximum Gasteiger partial charge on any atom is 0.00923 e. The Kier molecular flexibility index (Phi) is 5.41. The number of hydrogen-bond acceptors (Lipinski definition) is 0. The standard InChI is InChI=1S/C13H20/c1-2-3-4-5-6-7-10-13-11-8-9-12-13/h11H,2-6,8-9,12H2,1H3. The van der Waals surface area contributed by atoms with Crippen molar-refractivity contribution < 1.29 is 0 Å². The summed E-state index contributed by atoms with van der Waals surface area (Å²) in [7, 11) is 0. The van der Waals surface area contributed by atoms with E-state index in [4.69, 9.17) is 0 Å². The lowest BCUT2D eigenvalue weighted by atomic mass is 10.1. The summed E-state index contributed by atoms with van der Waals surface area (Å²) in [4.78, 5) is 0. The van der Waals surface area contributed by atoms with Crippen molar-refractivity contribution >= 4 is 0 Å². The lowest BCUT2D eigenvalue weighted by molar-refractivity contribution is 0.679. The highest BCUT2D eigenvalue weighted by Gasteiger charge is 1.99. The van der Waals surface area contributed by atoms with Gasteiger partial charge in [-0.25, -0.2) is 0 Å². The third kappa shape index (κ3) is 4.78. The van der Waals surface area contributed by atoms with Gasteiger partial charge in [0.05, 0.1) is 0 Å². The first-order chi connectivity index (χ1) is 6.43. The van der Waals surface area contributed by atoms with Crippen molar-refractivity contribution in [3.63, 3.8) is 0 Å². The molecule has 0 spiro atoms. The Morgan fingerprint density at radius 2 is 2.23 bits per heavy atom. The molecule has 0 N–H and O–H groups in total. The van der Waals surface area contributed by atoms with Crippen molar-refractivity contribution in [2.45, 2.75) is 58.3 Å². The molecule has 0 saturated heterocycles. The second-order valence-electron chi connectivity index (χ2n) is 3.73. The van der Waals surface area contributed by atoms with Crippen molar-refractivity contribution in [2.75, 3.05) is 0 Å². The van der Waals surface area contributed by atoms with Gasteiger partial charge in [0.1, 0.15) is 0 Å².